The first-order valence-corrected chi connectivity index (χ1v) is 14.4. The number of hydrogen-bond donors (Lipinski definition) is 3. The van der Waals surface area contributed by atoms with Crippen molar-refractivity contribution in [3.63, 3.8) is 0 Å². The van der Waals surface area contributed by atoms with Crippen molar-refractivity contribution in [1.82, 2.24) is 20.5 Å². The quantitative estimate of drug-likeness (QED) is 0.410. The average molecular weight is 550 g/mol. The van der Waals surface area contributed by atoms with E-state index in [0.717, 1.165) is 31.0 Å². The molecule has 1 aliphatic rings. The van der Waals surface area contributed by atoms with Gasteiger partial charge < -0.3 is 10.2 Å². The van der Waals surface area contributed by atoms with Gasteiger partial charge in [0.2, 0.25) is 0 Å². The van der Waals surface area contributed by atoms with E-state index in [0.29, 0.717) is 28.7 Å². The van der Waals surface area contributed by atoms with Crippen LogP contribution in [0.15, 0.2) is 47.4 Å². The van der Waals surface area contributed by atoms with E-state index in [1.807, 2.05) is 0 Å². The molecule has 2 unspecified atom stereocenters. The highest BCUT2D eigenvalue weighted by Gasteiger charge is 2.22. The Labute approximate surface area is 219 Å². The molecule has 0 saturated carbocycles. The zero-order valence-corrected chi connectivity index (χ0v) is 22.3. The minimum absolute atomic E-state index is 0.0572. The predicted molar refractivity (Wildman–Crippen MR) is 143 cm³/mol. The second-order valence-corrected chi connectivity index (χ2v) is 12.5. The maximum absolute atomic E-state index is 12.9. The fraction of sp³-hybridized carbons (Fsp3) is 0.375. The van der Waals surface area contributed by atoms with Gasteiger partial charge in [-0.1, -0.05) is 35.1 Å². The molecule has 1 fully saturated rings. The van der Waals surface area contributed by atoms with Crippen molar-refractivity contribution in [3.05, 3.63) is 53.1 Å². The van der Waals surface area contributed by atoms with Crippen LogP contribution < -0.4 is 16.0 Å². The van der Waals surface area contributed by atoms with Gasteiger partial charge in [0, 0.05) is 25.2 Å². The number of piperazine rings is 1. The molecular formula is C24H28ClN5O4S2. The van der Waals surface area contributed by atoms with Crippen molar-refractivity contribution in [3.8, 4) is 0 Å². The number of hydrogen-bond acceptors (Lipinski definition) is 8. The third-order valence-electron chi connectivity index (χ3n) is 5.81. The molecule has 0 aliphatic carbocycles. The van der Waals surface area contributed by atoms with Crippen LogP contribution in [0, 0.1) is 0 Å². The van der Waals surface area contributed by atoms with Crippen LogP contribution in [0.25, 0.3) is 10.2 Å². The van der Waals surface area contributed by atoms with Gasteiger partial charge in [-0.05, 0) is 57.1 Å². The summed E-state index contributed by atoms with van der Waals surface area (Å²) in [5.41, 5.74) is 0.727. The number of amides is 3. The molecule has 3 N–H and O–H groups in total. The van der Waals surface area contributed by atoms with Gasteiger partial charge in [-0.25, -0.2) is 18.2 Å². The number of aromatic nitrogens is 1. The Kier molecular flexibility index (Phi) is 8.26. The maximum Gasteiger partial charge on any atom is 0.327 e. The summed E-state index contributed by atoms with van der Waals surface area (Å²) < 4.78 is 26.5. The van der Waals surface area contributed by atoms with Gasteiger partial charge >= 0.3 is 6.03 Å². The molecule has 9 nitrogen and oxygen atoms in total. The highest BCUT2D eigenvalue weighted by Crippen LogP contribution is 2.29. The van der Waals surface area contributed by atoms with Crippen molar-refractivity contribution in [1.29, 1.82) is 0 Å². The van der Waals surface area contributed by atoms with E-state index in [9.17, 15) is 18.0 Å². The summed E-state index contributed by atoms with van der Waals surface area (Å²) in [6.45, 7) is 6.81. The van der Waals surface area contributed by atoms with E-state index < -0.39 is 21.8 Å². The second-order valence-electron chi connectivity index (χ2n) is 8.94. The lowest BCUT2D eigenvalue weighted by Crippen LogP contribution is -2.54. The van der Waals surface area contributed by atoms with Crippen molar-refractivity contribution in [2.45, 2.75) is 37.2 Å². The monoisotopic (exact) mass is 549 g/mol. The first-order valence-electron chi connectivity index (χ1n) is 11.6. The van der Waals surface area contributed by atoms with Crippen LogP contribution in [0.3, 0.4) is 0 Å². The molecule has 192 valence electrons. The number of carbonyl (C=O) groups excluding carboxylic acids is 2. The van der Waals surface area contributed by atoms with Crippen molar-refractivity contribution in [2.75, 3.05) is 30.7 Å². The third-order valence-corrected chi connectivity index (χ3v) is 8.87. The summed E-state index contributed by atoms with van der Waals surface area (Å²) in [5.74, 6) is -0.584. The normalized spacial score (nSPS) is 18.8. The lowest BCUT2D eigenvalue weighted by Gasteiger charge is -2.36. The molecule has 1 aromatic heterocycles. The number of sulfone groups is 1. The first kappa shape index (κ1) is 26.5. The first-order chi connectivity index (χ1) is 17.1. The topological polar surface area (TPSA) is 120 Å². The summed E-state index contributed by atoms with van der Waals surface area (Å²) in [6, 6.07) is 11.1. The second kappa shape index (κ2) is 11.2. The molecule has 3 aromatic rings. The number of urea groups is 1. The van der Waals surface area contributed by atoms with Crippen LogP contribution in [-0.4, -0.2) is 67.7 Å². The summed E-state index contributed by atoms with van der Waals surface area (Å²) in [6.07, 6.45) is 0.551. The highest BCUT2D eigenvalue weighted by molar-refractivity contribution is 7.91. The summed E-state index contributed by atoms with van der Waals surface area (Å²) >= 11 is 7.12. The number of anilines is 1. The SMILES string of the molecule is CC1CN(CCCS(=O)(=O)c2ccc3nc(NC(=O)NC(=O)c4ccccc4Cl)sc3c2)CC(C)N1. The Morgan fingerprint density at radius 3 is 2.61 bits per heavy atom. The number of imide groups is 1. The molecule has 2 atom stereocenters. The van der Waals surface area contributed by atoms with E-state index >= 15 is 0 Å². The lowest BCUT2D eigenvalue weighted by molar-refractivity contribution is 0.0967. The Hall–Kier alpha value is -2.57. The number of thiazole rings is 1. The van der Waals surface area contributed by atoms with E-state index in [4.69, 9.17) is 11.6 Å². The third kappa shape index (κ3) is 6.60. The molecule has 12 heteroatoms. The van der Waals surface area contributed by atoms with Gasteiger partial charge in [0.05, 0.1) is 31.5 Å². The number of fused-ring (bicyclic) bond motifs is 1. The van der Waals surface area contributed by atoms with E-state index in [1.165, 1.54) is 12.1 Å². The number of rotatable bonds is 7. The fourth-order valence-electron chi connectivity index (χ4n) is 4.31. The smallest absolute Gasteiger partial charge is 0.309 e. The van der Waals surface area contributed by atoms with Crippen LogP contribution in [0.2, 0.25) is 5.02 Å². The number of nitrogens with zero attached hydrogens (tertiary/aromatic N) is 2. The molecule has 2 aromatic carbocycles. The number of carbonyl (C=O) groups is 2. The highest BCUT2D eigenvalue weighted by atomic mass is 35.5. The predicted octanol–water partition coefficient (Wildman–Crippen LogP) is 3.76. The van der Waals surface area contributed by atoms with Crippen molar-refractivity contribution >= 4 is 60.1 Å². The van der Waals surface area contributed by atoms with Gasteiger partial charge in [-0.15, -0.1) is 0 Å². The molecule has 1 aliphatic heterocycles. The van der Waals surface area contributed by atoms with Gasteiger partial charge in [0.25, 0.3) is 5.91 Å². The lowest BCUT2D eigenvalue weighted by atomic mass is 10.1. The van der Waals surface area contributed by atoms with Crippen LogP contribution in [0.5, 0.6) is 0 Å². The summed E-state index contributed by atoms with van der Waals surface area (Å²) in [4.78, 5) is 31.4. The Morgan fingerprint density at radius 2 is 1.89 bits per heavy atom. The maximum atomic E-state index is 12.9. The molecule has 0 radical (unpaired) electrons. The molecule has 0 spiro atoms. The molecule has 2 heterocycles. The van der Waals surface area contributed by atoms with Crippen molar-refractivity contribution < 1.29 is 18.0 Å². The fourth-order valence-corrected chi connectivity index (χ4v) is 6.83. The molecule has 1 saturated heterocycles. The summed E-state index contributed by atoms with van der Waals surface area (Å²) in [7, 11) is -3.46. The number of benzene rings is 2. The van der Waals surface area contributed by atoms with E-state index in [2.05, 4.69) is 39.7 Å². The molecule has 4 rings (SSSR count). The van der Waals surface area contributed by atoms with Gasteiger partial charge in [-0.3, -0.25) is 15.4 Å². The van der Waals surface area contributed by atoms with Crippen molar-refractivity contribution in [2.24, 2.45) is 0 Å². The van der Waals surface area contributed by atoms with Gasteiger partial charge in [0.1, 0.15) is 0 Å². The van der Waals surface area contributed by atoms with E-state index in [-0.39, 0.29) is 26.4 Å². The summed E-state index contributed by atoms with van der Waals surface area (Å²) in [5, 5.41) is 8.68. The van der Waals surface area contributed by atoms with Crippen LogP contribution in [0.1, 0.15) is 30.6 Å². The van der Waals surface area contributed by atoms with E-state index in [1.54, 1.807) is 30.3 Å². The number of halogens is 1. The Balaban J connectivity index is 1.36. The zero-order valence-electron chi connectivity index (χ0n) is 20.0. The zero-order chi connectivity index (χ0) is 25.9. The molecular weight excluding hydrogens is 522 g/mol. The Morgan fingerprint density at radius 1 is 1.17 bits per heavy atom. The molecule has 0 bridgehead atoms. The standard InChI is InChI=1S/C24H28ClN5O4S2/c1-15-13-30(14-16(2)26-15)10-5-11-36(33,34)17-8-9-20-21(12-17)35-24(27-20)29-23(32)28-22(31)18-6-3-4-7-19(18)25/h3-4,6-9,12,15-16,26H,5,10-11,13-14H2,1-2H3,(H2,27,28,29,31,32). The molecule has 3 amide bonds. The number of nitrogens with one attached hydrogen (secondary N) is 3. The minimum Gasteiger partial charge on any atom is -0.309 e. The molecule has 36 heavy (non-hydrogen) atoms. The van der Waals surface area contributed by atoms with Gasteiger partial charge in [0.15, 0.2) is 15.0 Å². The largest absolute Gasteiger partial charge is 0.327 e. The van der Waals surface area contributed by atoms with Crippen LogP contribution in [-0.2, 0) is 9.84 Å². The van der Waals surface area contributed by atoms with Crippen LogP contribution in [0.4, 0.5) is 9.93 Å². The minimum atomic E-state index is -3.46. The van der Waals surface area contributed by atoms with Gasteiger partial charge in [-0.2, -0.15) is 0 Å². The average Bonchev–Trinajstić information content (AvgIpc) is 3.19. The van der Waals surface area contributed by atoms with Crippen LogP contribution >= 0.6 is 22.9 Å². The Bertz CT molecular complexity index is 1370.